The summed E-state index contributed by atoms with van der Waals surface area (Å²) in [6.07, 6.45) is -2.84. The maximum absolute atomic E-state index is 12.8. The molecule has 0 aliphatic heterocycles. The summed E-state index contributed by atoms with van der Waals surface area (Å²) in [6.45, 7) is 0. The highest BCUT2D eigenvalue weighted by Crippen LogP contribution is 2.29. The SMILES string of the molecule is COC(=O)C(Cc1c[nH]c2ccccc12)NC(=O)Cc1cccc(C(F)(F)F)c1. The molecule has 3 rings (SSSR count). The minimum Gasteiger partial charge on any atom is -0.467 e. The number of aromatic amines is 1. The van der Waals surface area contributed by atoms with Gasteiger partial charge in [0, 0.05) is 23.5 Å². The number of carbonyl (C=O) groups is 2. The molecule has 0 saturated heterocycles. The fourth-order valence-corrected chi connectivity index (χ4v) is 3.14. The monoisotopic (exact) mass is 404 g/mol. The number of nitrogens with one attached hydrogen (secondary N) is 2. The van der Waals surface area contributed by atoms with Crippen molar-refractivity contribution >= 4 is 22.8 Å². The van der Waals surface area contributed by atoms with Crippen molar-refractivity contribution in [2.75, 3.05) is 7.11 Å². The number of H-pyrrole nitrogens is 1. The average Bonchev–Trinajstić information content (AvgIpc) is 3.09. The lowest BCUT2D eigenvalue weighted by molar-refractivity contribution is -0.145. The molecule has 2 aromatic carbocycles. The van der Waals surface area contributed by atoms with E-state index in [4.69, 9.17) is 4.74 Å². The maximum atomic E-state index is 12.8. The van der Waals surface area contributed by atoms with E-state index in [1.807, 2.05) is 24.3 Å². The van der Waals surface area contributed by atoms with Crippen molar-refractivity contribution in [3.8, 4) is 0 Å². The maximum Gasteiger partial charge on any atom is 0.416 e. The first-order chi connectivity index (χ1) is 13.8. The van der Waals surface area contributed by atoms with Crippen LogP contribution in [0.5, 0.6) is 0 Å². The van der Waals surface area contributed by atoms with Gasteiger partial charge in [-0.2, -0.15) is 13.2 Å². The number of hydrogen-bond donors (Lipinski definition) is 2. The highest BCUT2D eigenvalue weighted by atomic mass is 19.4. The Balaban J connectivity index is 1.73. The summed E-state index contributed by atoms with van der Waals surface area (Å²) in [4.78, 5) is 27.6. The van der Waals surface area contributed by atoms with Crippen molar-refractivity contribution < 1.29 is 27.5 Å². The summed E-state index contributed by atoms with van der Waals surface area (Å²) in [5, 5.41) is 3.48. The van der Waals surface area contributed by atoms with Crippen LogP contribution in [0.2, 0.25) is 0 Å². The Kier molecular flexibility index (Phi) is 5.91. The molecule has 1 amide bonds. The van der Waals surface area contributed by atoms with Crippen LogP contribution in [-0.2, 0) is 33.3 Å². The third kappa shape index (κ3) is 4.96. The van der Waals surface area contributed by atoms with Crippen LogP contribution < -0.4 is 5.32 Å². The topological polar surface area (TPSA) is 71.2 Å². The Morgan fingerprint density at radius 1 is 1.14 bits per heavy atom. The van der Waals surface area contributed by atoms with Crippen LogP contribution in [0.3, 0.4) is 0 Å². The van der Waals surface area contributed by atoms with Gasteiger partial charge < -0.3 is 15.0 Å². The molecule has 0 bridgehead atoms. The van der Waals surface area contributed by atoms with Crippen LogP contribution >= 0.6 is 0 Å². The molecule has 1 unspecified atom stereocenters. The fraction of sp³-hybridized carbons (Fsp3) is 0.238. The number of benzene rings is 2. The fourth-order valence-electron chi connectivity index (χ4n) is 3.14. The summed E-state index contributed by atoms with van der Waals surface area (Å²) >= 11 is 0. The third-order valence-electron chi connectivity index (χ3n) is 4.54. The minimum absolute atomic E-state index is 0.186. The van der Waals surface area contributed by atoms with Crippen molar-refractivity contribution in [2.24, 2.45) is 0 Å². The number of rotatable bonds is 6. The highest BCUT2D eigenvalue weighted by Gasteiger charge is 2.30. The molecule has 5 nitrogen and oxygen atoms in total. The Labute approximate surface area is 164 Å². The molecule has 0 spiro atoms. The predicted octanol–water partition coefficient (Wildman–Crippen LogP) is 3.63. The molecule has 1 atom stereocenters. The summed E-state index contributed by atoms with van der Waals surface area (Å²) in [7, 11) is 1.21. The molecular formula is C21H19F3N2O3. The van der Waals surface area contributed by atoms with Crippen LogP contribution in [0.15, 0.2) is 54.7 Å². The molecule has 1 aromatic heterocycles. The molecule has 0 fully saturated rings. The van der Waals surface area contributed by atoms with E-state index in [0.717, 1.165) is 28.6 Å². The largest absolute Gasteiger partial charge is 0.467 e. The summed E-state index contributed by atoms with van der Waals surface area (Å²) in [6, 6.07) is 11.1. The van der Waals surface area contributed by atoms with Gasteiger partial charge in [-0.15, -0.1) is 0 Å². The van der Waals surface area contributed by atoms with Gasteiger partial charge in [0.25, 0.3) is 0 Å². The molecule has 3 aromatic rings. The van der Waals surface area contributed by atoms with E-state index in [9.17, 15) is 22.8 Å². The summed E-state index contributed by atoms with van der Waals surface area (Å²) in [5.41, 5.74) is 1.08. The Morgan fingerprint density at radius 3 is 2.62 bits per heavy atom. The number of ether oxygens (including phenoxy) is 1. The Bertz CT molecular complexity index is 1030. The van der Waals surface area contributed by atoms with Gasteiger partial charge in [-0.25, -0.2) is 4.79 Å². The first-order valence-electron chi connectivity index (χ1n) is 8.86. The van der Waals surface area contributed by atoms with Crippen LogP contribution in [0.1, 0.15) is 16.7 Å². The molecule has 1 heterocycles. The number of fused-ring (bicyclic) bond motifs is 1. The van der Waals surface area contributed by atoms with Crippen molar-refractivity contribution in [3.05, 3.63) is 71.4 Å². The van der Waals surface area contributed by atoms with Gasteiger partial charge in [-0.3, -0.25) is 4.79 Å². The molecule has 8 heteroatoms. The van der Waals surface area contributed by atoms with E-state index in [0.29, 0.717) is 0 Å². The van der Waals surface area contributed by atoms with Gasteiger partial charge in [0.2, 0.25) is 5.91 Å². The number of methoxy groups -OCH3 is 1. The zero-order valence-electron chi connectivity index (χ0n) is 15.5. The lowest BCUT2D eigenvalue weighted by Gasteiger charge is -2.16. The smallest absolute Gasteiger partial charge is 0.416 e. The van der Waals surface area contributed by atoms with Gasteiger partial charge in [-0.1, -0.05) is 36.4 Å². The van der Waals surface area contributed by atoms with Crippen molar-refractivity contribution in [2.45, 2.75) is 25.1 Å². The Hall–Kier alpha value is -3.29. The van der Waals surface area contributed by atoms with E-state index >= 15 is 0 Å². The number of halogens is 3. The second kappa shape index (κ2) is 8.38. The second-order valence-corrected chi connectivity index (χ2v) is 6.58. The van der Waals surface area contributed by atoms with E-state index < -0.39 is 29.7 Å². The quantitative estimate of drug-likeness (QED) is 0.617. The normalized spacial score (nSPS) is 12.6. The van der Waals surface area contributed by atoms with Gasteiger partial charge in [-0.05, 0) is 23.3 Å². The van der Waals surface area contributed by atoms with E-state index in [-0.39, 0.29) is 18.4 Å². The van der Waals surface area contributed by atoms with Gasteiger partial charge in [0.15, 0.2) is 0 Å². The zero-order chi connectivity index (χ0) is 21.0. The predicted molar refractivity (Wildman–Crippen MR) is 101 cm³/mol. The van der Waals surface area contributed by atoms with Gasteiger partial charge in [0.05, 0.1) is 19.1 Å². The minimum atomic E-state index is -4.49. The van der Waals surface area contributed by atoms with Crippen LogP contribution in [0.25, 0.3) is 10.9 Å². The molecule has 152 valence electrons. The van der Waals surface area contributed by atoms with E-state index in [1.54, 1.807) is 6.20 Å². The lowest BCUT2D eigenvalue weighted by Crippen LogP contribution is -2.43. The van der Waals surface area contributed by atoms with E-state index in [2.05, 4.69) is 10.3 Å². The molecule has 0 radical (unpaired) electrons. The molecular weight excluding hydrogens is 385 g/mol. The Morgan fingerprint density at radius 2 is 1.90 bits per heavy atom. The second-order valence-electron chi connectivity index (χ2n) is 6.58. The van der Waals surface area contributed by atoms with Gasteiger partial charge >= 0.3 is 12.1 Å². The number of esters is 1. The van der Waals surface area contributed by atoms with Crippen LogP contribution in [0, 0.1) is 0 Å². The number of para-hydroxylation sites is 1. The first kappa shape index (κ1) is 20.4. The third-order valence-corrected chi connectivity index (χ3v) is 4.54. The van der Waals surface area contributed by atoms with Crippen molar-refractivity contribution in [1.29, 1.82) is 0 Å². The lowest BCUT2D eigenvalue weighted by atomic mass is 10.0. The summed E-state index contributed by atoms with van der Waals surface area (Å²) < 4.78 is 43.3. The first-order valence-corrected chi connectivity index (χ1v) is 8.86. The molecule has 0 aliphatic rings. The van der Waals surface area contributed by atoms with Crippen molar-refractivity contribution in [3.63, 3.8) is 0 Å². The standard InChI is InChI=1S/C21H19F3N2O3/c1-29-20(28)18(11-14-12-25-17-8-3-2-7-16(14)17)26-19(27)10-13-5-4-6-15(9-13)21(22,23)24/h2-9,12,18,25H,10-11H2,1H3,(H,26,27). The zero-order valence-corrected chi connectivity index (χ0v) is 15.5. The van der Waals surface area contributed by atoms with Crippen molar-refractivity contribution in [1.82, 2.24) is 10.3 Å². The number of amides is 1. The number of carbonyl (C=O) groups excluding carboxylic acids is 2. The molecule has 29 heavy (non-hydrogen) atoms. The van der Waals surface area contributed by atoms with Crippen LogP contribution in [-0.4, -0.2) is 30.0 Å². The van der Waals surface area contributed by atoms with Gasteiger partial charge in [0.1, 0.15) is 6.04 Å². The number of aromatic nitrogens is 1. The molecule has 2 N–H and O–H groups in total. The van der Waals surface area contributed by atoms with E-state index in [1.165, 1.54) is 19.2 Å². The van der Waals surface area contributed by atoms with Crippen LogP contribution in [0.4, 0.5) is 13.2 Å². The number of hydrogen-bond acceptors (Lipinski definition) is 3. The molecule has 0 saturated carbocycles. The summed E-state index contributed by atoms with van der Waals surface area (Å²) in [5.74, 6) is -1.20. The average molecular weight is 404 g/mol. The number of alkyl halides is 3. The highest BCUT2D eigenvalue weighted by molar-refractivity contribution is 5.88. The molecule has 0 aliphatic carbocycles.